The van der Waals surface area contributed by atoms with Gasteiger partial charge in [-0.2, -0.15) is 13.2 Å². The van der Waals surface area contributed by atoms with Crippen LogP contribution in [0.1, 0.15) is 48.6 Å². The number of rotatable bonds is 5. The van der Waals surface area contributed by atoms with Crippen molar-refractivity contribution in [3.05, 3.63) is 60.1 Å². The number of hydrogen-bond acceptors (Lipinski definition) is 6. The summed E-state index contributed by atoms with van der Waals surface area (Å²) in [5, 5.41) is 0. The maximum atomic E-state index is 13.3. The Bertz CT molecular complexity index is 1240. The molecule has 0 N–H and O–H groups in total. The molecular weight excluding hydrogens is 435 g/mol. The second-order valence-corrected chi connectivity index (χ2v) is 8.32. The summed E-state index contributed by atoms with van der Waals surface area (Å²) in [6.45, 7) is 5.32. The third kappa shape index (κ3) is 4.33. The molecule has 0 fully saturated rings. The van der Waals surface area contributed by atoms with Gasteiger partial charge in [-0.15, -0.1) is 0 Å². The van der Waals surface area contributed by atoms with Crippen LogP contribution in [0, 0.1) is 6.92 Å². The summed E-state index contributed by atoms with van der Waals surface area (Å²) in [4.78, 5) is 43.5. The summed E-state index contributed by atoms with van der Waals surface area (Å²) < 4.78 is 37.5. The van der Waals surface area contributed by atoms with Gasteiger partial charge in [0.05, 0.1) is 29.9 Å². The van der Waals surface area contributed by atoms with Crippen LogP contribution in [-0.2, 0) is 10.2 Å². The first-order valence-electron chi connectivity index (χ1n) is 10.2. The van der Waals surface area contributed by atoms with E-state index < -0.39 is 30.2 Å². The third-order valence-corrected chi connectivity index (χ3v) is 5.54. The van der Waals surface area contributed by atoms with E-state index in [1.807, 2.05) is 12.1 Å². The second-order valence-electron chi connectivity index (χ2n) is 8.32. The minimum Gasteiger partial charge on any atom is -0.292 e. The highest BCUT2D eigenvalue weighted by Crippen LogP contribution is 2.46. The van der Waals surface area contributed by atoms with E-state index in [1.54, 1.807) is 39.2 Å². The molecule has 170 valence electrons. The molecule has 2 aromatic heterocycles. The maximum Gasteiger partial charge on any atom is 0.389 e. The number of anilines is 2. The van der Waals surface area contributed by atoms with Gasteiger partial charge >= 0.3 is 6.18 Å². The zero-order valence-corrected chi connectivity index (χ0v) is 18.1. The van der Waals surface area contributed by atoms with Gasteiger partial charge in [-0.05, 0) is 38.0 Å². The standard InChI is InChI=1S/C23H20F3N5O2/c1-13-28-9-15(10-29-13)14-4-5-16-18(8-14)31(21(33)22(16,2)3)20-12-27-11-17(30-20)19(32)6-7-23(24,25)26/h4-5,8-12H,6-7H2,1-3H3. The molecule has 33 heavy (non-hydrogen) atoms. The van der Waals surface area contributed by atoms with Gasteiger partial charge in [-0.3, -0.25) is 19.5 Å². The monoisotopic (exact) mass is 455 g/mol. The lowest BCUT2D eigenvalue weighted by molar-refractivity contribution is -0.133. The van der Waals surface area contributed by atoms with Gasteiger partial charge in [0.2, 0.25) is 5.91 Å². The molecule has 1 aromatic carbocycles. The minimum atomic E-state index is -4.45. The predicted octanol–water partition coefficient (Wildman–Crippen LogP) is 4.72. The van der Waals surface area contributed by atoms with Gasteiger partial charge in [0.15, 0.2) is 11.6 Å². The van der Waals surface area contributed by atoms with Gasteiger partial charge < -0.3 is 0 Å². The van der Waals surface area contributed by atoms with Crippen LogP contribution >= 0.6 is 0 Å². The van der Waals surface area contributed by atoms with Crippen LogP contribution in [-0.4, -0.2) is 37.8 Å². The lowest BCUT2D eigenvalue weighted by Gasteiger charge is -2.19. The summed E-state index contributed by atoms with van der Waals surface area (Å²) in [6.07, 6.45) is -0.676. The number of halogens is 3. The third-order valence-electron chi connectivity index (χ3n) is 5.54. The average molecular weight is 455 g/mol. The lowest BCUT2D eigenvalue weighted by Crippen LogP contribution is -2.33. The molecule has 0 bridgehead atoms. The van der Waals surface area contributed by atoms with Crippen LogP contribution < -0.4 is 4.90 Å². The number of Topliss-reactive ketones (excluding diaryl/α,β-unsaturated/α-hetero) is 1. The molecule has 1 aliphatic heterocycles. The van der Waals surface area contributed by atoms with E-state index in [1.165, 1.54) is 11.1 Å². The lowest BCUT2D eigenvalue weighted by atomic mass is 9.85. The molecule has 0 saturated carbocycles. The van der Waals surface area contributed by atoms with Crippen molar-refractivity contribution in [3.63, 3.8) is 0 Å². The van der Waals surface area contributed by atoms with Gasteiger partial charge in [0.1, 0.15) is 11.5 Å². The molecule has 0 saturated heterocycles. The highest BCUT2D eigenvalue weighted by atomic mass is 19.4. The molecule has 3 heterocycles. The number of hydrogen-bond donors (Lipinski definition) is 0. The number of alkyl halides is 3. The minimum absolute atomic E-state index is 0.0713. The van der Waals surface area contributed by atoms with Crippen LogP contribution in [0.3, 0.4) is 0 Å². The Morgan fingerprint density at radius 1 is 1.06 bits per heavy atom. The van der Waals surface area contributed by atoms with E-state index in [-0.39, 0.29) is 17.4 Å². The largest absolute Gasteiger partial charge is 0.389 e. The average Bonchev–Trinajstić information content (AvgIpc) is 2.97. The molecule has 0 unspecified atom stereocenters. The second kappa shape index (κ2) is 8.02. The van der Waals surface area contributed by atoms with E-state index in [0.717, 1.165) is 22.9 Å². The number of fused-ring (bicyclic) bond motifs is 1. The van der Waals surface area contributed by atoms with Crippen molar-refractivity contribution < 1.29 is 22.8 Å². The van der Waals surface area contributed by atoms with E-state index >= 15 is 0 Å². The van der Waals surface area contributed by atoms with Crippen LogP contribution in [0.2, 0.25) is 0 Å². The van der Waals surface area contributed by atoms with Crippen LogP contribution in [0.25, 0.3) is 11.1 Å². The zero-order valence-electron chi connectivity index (χ0n) is 18.1. The Morgan fingerprint density at radius 3 is 2.42 bits per heavy atom. The van der Waals surface area contributed by atoms with Crippen molar-refractivity contribution in [2.45, 2.75) is 45.2 Å². The number of carbonyl (C=O) groups is 2. The van der Waals surface area contributed by atoms with Crippen molar-refractivity contribution in [3.8, 4) is 11.1 Å². The Labute approximate surface area is 187 Å². The molecule has 0 atom stereocenters. The molecule has 10 heteroatoms. The van der Waals surface area contributed by atoms with Gasteiger partial charge in [-0.25, -0.2) is 15.0 Å². The Morgan fingerprint density at radius 2 is 1.76 bits per heavy atom. The molecule has 7 nitrogen and oxygen atoms in total. The number of aromatic nitrogens is 4. The first-order chi connectivity index (χ1) is 15.5. The number of carbonyl (C=O) groups excluding carboxylic acids is 2. The fraction of sp³-hybridized carbons (Fsp3) is 0.304. The fourth-order valence-corrected chi connectivity index (χ4v) is 3.68. The molecule has 4 rings (SSSR count). The summed E-state index contributed by atoms with van der Waals surface area (Å²) >= 11 is 0. The molecular formula is C23H20F3N5O2. The van der Waals surface area contributed by atoms with Gasteiger partial charge in [0, 0.05) is 24.4 Å². The van der Waals surface area contributed by atoms with E-state index in [9.17, 15) is 22.8 Å². The normalized spacial score (nSPS) is 15.0. The van der Waals surface area contributed by atoms with Crippen molar-refractivity contribution in [1.29, 1.82) is 0 Å². The molecule has 0 aliphatic carbocycles. The quantitative estimate of drug-likeness (QED) is 0.517. The van der Waals surface area contributed by atoms with Crippen LogP contribution in [0.5, 0.6) is 0 Å². The number of benzene rings is 1. The Hall–Kier alpha value is -3.69. The fourth-order valence-electron chi connectivity index (χ4n) is 3.68. The summed E-state index contributed by atoms with van der Waals surface area (Å²) in [7, 11) is 0. The van der Waals surface area contributed by atoms with Crippen LogP contribution in [0.4, 0.5) is 24.7 Å². The SMILES string of the molecule is Cc1ncc(-c2ccc3c(c2)N(c2cncc(C(=O)CCC(F)(F)F)n2)C(=O)C3(C)C)cn1. The molecule has 0 radical (unpaired) electrons. The first-order valence-corrected chi connectivity index (χ1v) is 10.2. The number of amides is 1. The van der Waals surface area contributed by atoms with Crippen LogP contribution in [0.15, 0.2) is 43.0 Å². The summed E-state index contributed by atoms with van der Waals surface area (Å²) in [5.74, 6) is -0.385. The van der Waals surface area contributed by atoms with Gasteiger partial charge in [-0.1, -0.05) is 12.1 Å². The van der Waals surface area contributed by atoms with E-state index in [2.05, 4.69) is 19.9 Å². The van der Waals surface area contributed by atoms with E-state index in [4.69, 9.17) is 0 Å². The van der Waals surface area contributed by atoms with Crippen molar-refractivity contribution in [1.82, 2.24) is 19.9 Å². The topological polar surface area (TPSA) is 88.9 Å². The highest BCUT2D eigenvalue weighted by molar-refractivity contribution is 6.12. The first kappa shape index (κ1) is 22.5. The molecule has 1 amide bonds. The Kier molecular flexibility index (Phi) is 5.47. The van der Waals surface area contributed by atoms with Crippen molar-refractivity contribution in [2.24, 2.45) is 0 Å². The predicted molar refractivity (Wildman–Crippen MR) is 114 cm³/mol. The van der Waals surface area contributed by atoms with Gasteiger partial charge in [0.25, 0.3) is 0 Å². The highest BCUT2D eigenvalue weighted by Gasteiger charge is 2.45. The van der Waals surface area contributed by atoms with Crippen molar-refractivity contribution >= 4 is 23.2 Å². The number of nitrogens with zero attached hydrogens (tertiary/aromatic N) is 5. The zero-order chi connectivity index (χ0) is 24.0. The van der Waals surface area contributed by atoms with E-state index in [0.29, 0.717) is 11.5 Å². The molecule has 0 spiro atoms. The summed E-state index contributed by atoms with van der Waals surface area (Å²) in [5.41, 5.74) is 1.73. The maximum absolute atomic E-state index is 13.3. The molecule has 3 aromatic rings. The number of ketones is 1. The molecule has 1 aliphatic rings. The summed E-state index contributed by atoms with van der Waals surface area (Å²) in [6, 6.07) is 5.51. The Balaban J connectivity index is 1.74. The smallest absolute Gasteiger partial charge is 0.292 e. The van der Waals surface area contributed by atoms with Crippen molar-refractivity contribution in [2.75, 3.05) is 4.90 Å². The number of aryl methyl sites for hydroxylation is 1.